The molecule has 0 saturated heterocycles. The third-order valence-electron chi connectivity index (χ3n) is 4.47. The van der Waals surface area contributed by atoms with Gasteiger partial charge in [-0.2, -0.15) is 0 Å². The Bertz CT molecular complexity index is 1060. The Morgan fingerprint density at radius 3 is 2.81 bits per heavy atom. The van der Waals surface area contributed by atoms with Crippen molar-refractivity contribution in [1.82, 2.24) is 14.7 Å². The minimum absolute atomic E-state index is 0.0223. The van der Waals surface area contributed by atoms with Crippen LogP contribution in [0.5, 0.6) is 11.5 Å². The average Bonchev–Trinajstić information content (AvgIpc) is 3.15. The van der Waals surface area contributed by atoms with Gasteiger partial charge in [0.2, 0.25) is 0 Å². The summed E-state index contributed by atoms with van der Waals surface area (Å²) in [5.41, 5.74) is 0.546. The van der Waals surface area contributed by atoms with Crippen molar-refractivity contribution in [3.05, 3.63) is 57.5 Å². The summed E-state index contributed by atoms with van der Waals surface area (Å²) in [5.74, 6) is 1.03. The fourth-order valence-electron chi connectivity index (χ4n) is 3.09. The average molecular weight is 385 g/mol. The summed E-state index contributed by atoms with van der Waals surface area (Å²) in [7, 11) is 0. The van der Waals surface area contributed by atoms with E-state index < -0.39 is 5.91 Å². The topological polar surface area (TPSA) is 81.9 Å². The van der Waals surface area contributed by atoms with Crippen LogP contribution in [0, 0.1) is 5.92 Å². The van der Waals surface area contributed by atoms with Crippen molar-refractivity contribution >= 4 is 22.2 Å². The van der Waals surface area contributed by atoms with E-state index in [2.05, 4.69) is 10.3 Å². The van der Waals surface area contributed by atoms with Gasteiger partial charge in [0.25, 0.3) is 11.5 Å². The Labute approximate surface area is 159 Å². The van der Waals surface area contributed by atoms with Gasteiger partial charge in [-0.05, 0) is 23.6 Å². The molecule has 1 unspecified atom stereocenters. The second kappa shape index (κ2) is 7.03. The summed E-state index contributed by atoms with van der Waals surface area (Å²) in [6.07, 6.45) is 2.96. The van der Waals surface area contributed by atoms with Crippen LogP contribution >= 0.6 is 11.3 Å². The largest absolute Gasteiger partial charge is 0.486 e. The summed E-state index contributed by atoms with van der Waals surface area (Å²) < 4.78 is 12.6. The third kappa shape index (κ3) is 3.28. The number of hydrogen-bond donors (Lipinski definition) is 1. The second-order valence-electron chi connectivity index (χ2n) is 6.63. The lowest BCUT2D eigenvalue weighted by Gasteiger charge is -2.25. The SMILES string of the molecule is CC(C)C(NC(=O)c1cnc2sccn2c1=O)c1ccc2c(c1)OCCO2. The van der Waals surface area contributed by atoms with Gasteiger partial charge in [-0.1, -0.05) is 19.9 Å². The van der Waals surface area contributed by atoms with Gasteiger partial charge in [-0.15, -0.1) is 11.3 Å². The van der Waals surface area contributed by atoms with Gasteiger partial charge in [0.05, 0.1) is 6.04 Å². The first kappa shape index (κ1) is 17.5. The van der Waals surface area contributed by atoms with Crippen molar-refractivity contribution in [2.75, 3.05) is 13.2 Å². The van der Waals surface area contributed by atoms with E-state index in [4.69, 9.17) is 9.47 Å². The van der Waals surface area contributed by atoms with E-state index in [1.807, 2.05) is 32.0 Å². The highest BCUT2D eigenvalue weighted by Gasteiger charge is 2.23. The van der Waals surface area contributed by atoms with Crippen molar-refractivity contribution in [3.63, 3.8) is 0 Å². The molecule has 0 saturated carbocycles. The molecule has 2 aromatic heterocycles. The van der Waals surface area contributed by atoms with Crippen LogP contribution in [0.4, 0.5) is 0 Å². The van der Waals surface area contributed by atoms with E-state index in [-0.39, 0.29) is 23.1 Å². The van der Waals surface area contributed by atoms with Crippen LogP contribution in [-0.4, -0.2) is 28.5 Å². The molecule has 1 N–H and O–H groups in total. The molecule has 140 valence electrons. The quantitative estimate of drug-likeness (QED) is 0.747. The predicted octanol–water partition coefficient (Wildman–Crippen LogP) is 2.65. The fourth-order valence-corrected chi connectivity index (χ4v) is 3.76. The number of fused-ring (bicyclic) bond motifs is 2. The monoisotopic (exact) mass is 385 g/mol. The summed E-state index contributed by atoms with van der Waals surface area (Å²) in [5, 5.41) is 4.73. The van der Waals surface area contributed by atoms with Crippen LogP contribution in [0.3, 0.4) is 0 Å². The maximum atomic E-state index is 12.8. The summed E-state index contributed by atoms with van der Waals surface area (Å²) in [4.78, 5) is 30.1. The maximum Gasteiger partial charge on any atom is 0.271 e. The minimum atomic E-state index is -0.443. The number of carbonyl (C=O) groups is 1. The highest BCUT2D eigenvalue weighted by molar-refractivity contribution is 7.15. The Kier molecular flexibility index (Phi) is 4.57. The summed E-state index contributed by atoms with van der Waals surface area (Å²) in [6.45, 7) is 5.04. The Balaban J connectivity index is 1.64. The molecule has 0 radical (unpaired) electrons. The van der Waals surface area contributed by atoms with E-state index >= 15 is 0 Å². The molecule has 0 fully saturated rings. The predicted molar refractivity (Wildman–Crippen MR) is 102 cm³/mol. The lowest BCUT2D eigenvalue weighted by molar-refractivity contribution is 0.0923. The number of hydrogen-bond acceptors (Lipinski definition) is 6. The number of aromatic nitrogens is 2. The zero-order chi connectivity index (χ0) is 19.0. The normalized spacial score (nSPS) is 14.3. The van der Waals surface area contributed by atoms with Gasteiger partial charge in [-0.3, -0.25) is 14.0 Å². The molecule has 3 aromatic rings. The van der Waals surface area contributed by atoms with E-state index in [0.717, 1.165) is 5.56 Å². The van der Waals surface area contributed by atoms with Crippen LogP contribution in [0.2, 0.25) is 0 Å². The summed E-state index contributed by atoms with van der Waals surface area (Å²) >= 11 is 1.35. The van der Waals surface area contributed by atoms with Crippen molar-refractivity contribution in [1.29, 1.82) is 0 Å². The third-order valence-corrected chi connectivity index (χ3v) is 5.24. The number of carbonyl (C=O) groups excluding carboxylic acids is 1. The highest BCUT2D eigenvalue weighted by Crippen LogP contribution is 2.34. The summed E-state index contributed by atoms with van der Waals surface area (Å²) in [6, 6.07) is 5.35. The molecule has 4 rings (SSSR count). The van der Waals surface area contributed by atoms with Gasteiger partial charge in [0.1, 0.15) is 18.8 Å². The van der Waals surface area contributed by atoms with E-state index in [0.29, 0.717) is 29.7 Å². The minimum Gasteiger partial charge on any atom is -0.486 e. The number of rotatable bonds is 4. The molecule has 1 aliphatic rings. The zero-order valence-corrected chi connectivity index (χ0v) is 15.8. The molecule has 0 bridgehead atoms. The molecular formula is C19H19N3O4S. The van der Waals surface area contributed by atoms with Crippen LogP contribution in [0.1, 0.15) is 35.8 Å². The Morgan fingerprint density at radius 2 is 2.04 bits per heavy atom. The van der Waals surface area contributed by atoms with Gasteiger partial charge in [0, 0.05) is 17.8 Å². The van der Waals surface area contributed by atoms with Crippen molar-refractivity contribution in [2.45, 2.75) is 19.9 Å². The van der Waals surface area contributed by atoms with E-state index in [1.165, 1.54) is 21.9 Å². The van der Waals surface area contributed by atoms with Gasteiger partial charge in [-0.25, -0.2) is 4.98 Å². The standard InChI is InChI=1S/C19H19N3O4S/c1-11(2)16(12-3-4-14-15(9-12)26-7-6-25-14)21-17(23)13-10-20-19-22(18(13)24)5-8-27-19/h3-5,8-11,16H,6-7H2,1-2H3,(H,21,23). The van der Waals surface area contributed by atoms with Gasteiger partial charge in [0.15, 0.2) is 16.5 Å². The van der Waals surface area contributed by atoms with Crippen molar-refractivity contribution in [3.8, 4) is 11.5 Å². The van der Waals surface area contributed by atoms with Gasteiger partial charge < -0.3 is 14.8 Å². The Hall–Kier alpha value is -2.87. The zero-order valence-electron chi connectivity index (χ0n) is 15.0. The first-order valence-corrected chi connectivity index (χ1v) is 9.58. The number of nitrogens with zero attached hydrogens (tertiary/aromatic N) is 2. The van der Waals surface area contributed by atoms with Crippen LogP contribution in [-0.2, 0) is 0 Å². The molecule has 1 atom stereocenters. The molecule has 27 heavy (non-hydrogen) atoms. The number of thiazole rings is 1. The van der Waals surface area contributed by atoms with Crippen molar-refractivity contribution < 1.29 is 14.3 Å². The molecule has 3 heterocycles. The van der Waals surface area contributed by atoms with Crippen molar-refractivity contribution in [2.24, 2.45) is 5.92 Å². The first-order valence-electron chi connectivity index (χ1n) is 8.70. The first-order chi connectivity index (χ1) is 13.0. The van der Waals surface area contributed by atoms with E-state index in [1.54, 1.807) is 11.6 Å². The van der Waals surface area contributed by atoms with Crippen LogP contribution < -0.4 is 20.3 Å². The Morgan fingerprint density at radius 1 is 1.26 bits per heavy atom. The lowest BCUT2D eigenvalue weighted by Crippen LogP contribution is -2.36. The molecule has 0 spiro atoms. The van der Waals surface area contributed by atoms with Crippen LogP contribution in [0.25, 0.3) is 4.96 Å². The molecule has 1 aromatic carbocycles. The van der Waals surface area contributed by atoms with Gasteiger partial charge >= 0.3 is 0 Å². The maximum absolute atomic E-state index is 12.8. The molecule has 0 aliphatic carbocycles. The number of ether oxygens (including phenoxy) is 2. The molecular weight excluding hydrogens is 366 g/mol. The smallest absolute Gasteiger partial charge is 0.271 e. The number of amides is 1. The van der Waals surface area contributed by atoms with Crippen LogP contribution in [0.15, 0.2) is 40.8 Å². The van der Waals surface area contributed by atoms with E-state index in [9.17, 15) is 9.59 Å². The lowest BCUT2D eigenvalue weighted by atomic mass is 9.95. The highest BCUT2D eigenvalue weighted by atomic mass is 32.1. The number of benzene rings is 1. The molecule has 7 nitrogen and oxygen atoms in total. The fraction of sp³-hybridized carbons (Fsp3) is 0.316. The molecule has 8 heteroatoms. The second-order valence-corrected chi connectivity index (χ2v) is 7.50. The molecule has 1 aliphatic heterocycles. The number of nitrogens with one attached hydrogen (secondary N) is 1. The molecule has 1 amide bonds.